The van der Waals surface area contributed by atoms with Gasteiger partial charge in [-0.15, -0.1) is 0 Å². The van der Waals surface area contributed by atoms with Crippen LogP contribution in [0.15, 0.2) is 0 Å². The van der Waals surface area contributed by atoms with E-state index in [0.717, 1.165) is 199 Å². The molecule has 1 N–H and O–H groups in total. The maximum Gasteiger partial charge on any atom is 0.309 e. The molecule has 6 saturated heterocycles. The molecule has 40 unspecified atom stereocenters. The molecule has 24 aliphatic rings. The Morgan fingerprint density at radius 2 is 0.671 bits per heavy atom. The van der Waals surface area contributed by atoms with E-state index in [9.17, 15) is 29.1 Å². The number of cyclic esters (lactones) is 4. The van der Waals surface area contributed by atoms with Crippen molar-refractivity contribution in [1.29, 1.82) is 0 Å². The molecule has 20 bridgehead atoms. The summed E-state index contributed by atoms with van der Waals surface area (Å²) in [5, 5.41) is 9.70. The molecular weight excluding hydrogens is 1060 g/mol. The lowest BCUT2D eigenvalue weighted by Crippen LogP contribution is -2.44. The number of rotatable bonds is 1. The third kappa shape index (κ3) is 7.38. The zero-order valence-corrected chi connectivity index (χ0v) is 52.4. The molecule has 85 heavy (non-hydrogen) atoms. The molecule has 6 heterocycles. The fourth-order valence-corrected chi connectivity index (χ4v) is 31.8. The van der Waals surface area contributed by atoms with Gasteiger partial charge >= 0.3 is 29.8 Å². The van der Waals surface area contributed by atoms with Gasteiger partial charge in [-0.25, -0.2) is 0 Å². The van der Waals surface area contributed by atoms with Crippen molar-refractivity contribution >= 4 is 29.8 Å². The zero-order valence-electron chi connectivity index (χ0n) is 52.4. The highest BCUT2D eigenvalue weighted by atomic mass is 16.6. The number of ether oxygens (including phenoxy) is 5. The van der Waals surface area contributed by atoms with Gasteiger partial charge in [0.25, 0.3) is 0 Å². The van der Waals surface area contributed by atoms with Gasteiger partial charge in [0.2, 0.25) is 0 Å². The SMILES string of the molecule is CC.CC1C(C)C2CC1C1C3CC(C4C(=O)OCC34)C21.CC1C(CO)C2CC1C1C3CC(C4COC(=O)C43)C21.CC1CC2CC1C1C3CC(C4C(=O)OCC34)C21.CC1CC2CC1C1C3CC(C4COC(=O)C43)C21.O=C1OC2CC3CC(C2)CC1C3. The number of aliphatic hydroxyl groups excluding tert-OH is 1. The van der Waals surface area contributed by atoms with Gasteiger partial charge in [0.15, 0.2) is 0 Å². The summed E-state index contributed by atoms with van der Waals surface area (Å²) < 4.78 is 26.8. The summed E-state index contributed by atoms with van der Waals surface area (Å²) in [7, 11) is 0. The Balaban J connectivity index is 0.0000000804. The summed E-state index contributed by atoms with van der Waals surface area (Å²) >= 11 is 0. The van der Waals surface area contributed by atoms with Crippen LogP contribution in [-0.4, -0.2) is 74.1 Å². The van der Waals surface area contributed by atoms with Gasteiger partial charge in [-0.1, -0.05) is 48.5 Å². The van der Waals surface area contributed by atoms with E-state index in [1.54, 1.807) is 0 Å². The van der Waals surface area contributed by atoms with E-state index in [-0.39, 0.29) is 47.8 Å². The summed E-state index contributed by atoms with van der Waals surface area (Å²) in [6.07, 6.45) is 20.2. The summed E-state index contributed by atoms with van der Waals surface area (Å²) in [6.45, 7) is 19.5. The second-order valence-electron chi connectivity index (χ2n) is 35.1. The van der Waals surface area contributed by atoms with Gasteiger partial charge in [0.05, 0.1) is 56.0 Å². The molecule has 0 aromatic heterocycles. The van der Waals surface area contributed by atoms with Crippen molar-refractivity contribution in [1.82, 2.24) is 0 Å². The molecule has 0 amide bonds. The van der Waals surface area contributed by atoms with Gasteiger partial charge in [-0.05, 0) is 286 Å². The maximum atomic E-state index is 12.0. The quantitative estimate of drug-likeness (QED) is 0.152. The van der Waals surface area contributed by atoms with Crippen molar-refractivity contribution in [3.05, 3.63) is 0 Å². The topological polar surface area (TPSA) is 152 Å². The van der Waals surface area contributed by atoms with Gasteiger partial charge in [-0.3, -0.25) is 24.0 Å². The number of hydrogen-bond acceptors (Lipinski definition) is 11. The molecule has 0 aromatic rings. The number of carbonyl (C=O) groups excluding carboxylic acids is 5. The summed E-state index contributed by atoms with van der Waals surface area (Å²) in [6, 6.07) is 0. The van der Waals surface area contributed by atoms with Gasteiger partial charge in [0.1, 0.15) is 6.10 Å². The van der Waals surface area contributed by atoms with E-state index < -0.39 is 0 Å². The second kappa shape index (κ2) is 19.7. The van der Waals surface area contributed by atoms with Crippen LogP contribution >= 0.6 is 0 Å². The van der Waals surface area contributed by atoms with Crippen molar-refractivity contribution in [3.63, 3.8) is 0 Å². The van der Waals surface area contributed by atoms with Crippen LogP contribution in [0.25, 0.3) is 0 Å². The summed E-state index contributed by atoms with van der Waals surface area (Å²) in [5.41, 5.74) is 0. The number of esters is 5. The van der Waals surface area contributed by atoms with Crippen LogP contribution < -0.4 is 0 Å². The van der Waals surface area contributed by atoms with Crippen LogP contribution in [-0.2, 0) is 47.7 Å². The molecule has 0 spiro atoms. The number of fused-ring (bicyclic) bond motifs is 49. The standard InChI is InChI=1S/C16H22O3.C16H22O2.2C15H20O2.C10H14O2.C2H6/c1-6-7-2-8(11(6)4-17)14-9-3-10(13(7)14)15-12(9)5-19-16(15)18;1-6-7(2)9-3-8(6)13-10-4-11(14(9)13)15-12(10)5-18-16(15)17;1-6-2-7-3-8(6)13-9-4-10(12(7)13)14-11(9)5-17-15(14)16;1-6-2-7-3-8(6)13-10-4-9(12(7)13)11-5-17-15(16)14(10)11;11-10-8-2-6-1-7(3-8)5-9(4-6)12-10;1-2/h6-15,17H,2-5H2,1H3;6-15H,3-5H2,1-2H3;2*6-14H,2-5H2,1H3;6-9H,1-5H2;1-2H3. The molecule has 24 rings (SSSR count). The molecule has 40 atom stereocenters. The Hall–Kier alpha value is -2.69. The molecule has 24 fully saturated rings. The highest BCUT2D eigenvalue weighted by molar-refractivity contribution is 5.78. The normalized spacial score (nSPS) is 62.3. The average Bonchev–Trinajstić information content (AvgIpc) is 1.64. The average molecular weight is 1170 g/mol. The molecule has 11 nitrogen and oxygen atoms in total. The minimum Gasteiger partial charge on any atom is -0.465 e. The van der Waals surface area contributed by atoms with Crippen molar-refractivity contribution in [2.24, 2.45) is 243 Å². The molecule has 11 heteroatoms. The minimum absolute atomic E-state index is 0.102. The molecule has 18 aliphatic carbocycles. The fraction of sp³-hybridized carbons (Fsp3) is 0.932. The predicted octanol–water partition coefficient (Wildman–Crippen LogP) is 11.6. The van der Waals surface area contributed by atoms with Crippen molar-refractivity contribution in [3.8, 4) is 0 Å². The molecular formula is C74H104O11. The van der Waals surface area contributed by atoms with E-state index in [1.165, 1.54) is 70.6 Å². The van der Waals surface area contributed by atoms with Crippen molar-refractivity contribution in [2.75, 3.05) is 33.0 Å². The predicted molar refractivity (Wildman–Crippen MR) is 313 cm³/mol. The first-order chi connectivity index (χ1) is 41.2. The highest BCUT2D eigenvalue weighted by Gasteiger charge is 2.75. The Morgan fingerprint density at radius 1 is 0.329 bits per heavy atom. The molecule has 18 saturated carbocycles. The van der Waals surface area contributed by atoms with Crippen LogP contribution in [0.1, 0.15) is 145 Å². The van der Waals surface area contributed by atoms with Crippen LogP contribution in [0.5, 0.6) is 0 Å². The fourth-order valence-electron chi connectivity index (χ4n) is 31.8. The van der Waals surface area contributed by atoms with Crippen LogP contribution in [0, 0.1) is 243 Å². The van der Waals surface area contributed by atoms with Crippen LogP contribution in [0.4, 0.5) is 0 Å². The number of aliphatic hydroxyl groups is 1. The Morgan fingerprint density at radius 3 is 1.12 bits per heavy atom. The van der Waals surface area contributed by atoms with Crippen molar-refractivity contribution in [2.45, 2.75) is 151 Å². The summed E-state index contributed by atoms with van der Waals surface area (Å²) in [5.74, 6) is 31.5. The van der Waals surface area contributed by atoms with E-state index in [2.05, 4.69) is 34.6 Å². The first kappa shape index (κ1) is 55.2. The molecule has 466 valence electrons. The zero-order chi connectivity index (χ0) is 57.8. The minimum atomic E-state index is 0.102. The number of carbonyl (C=O) groups is 5. The second-order valence-corrected chi connectivity index (χ2v) is 35.1. The molecule has 0 aromatic carbocycles. The van der Waals surface area contributed by atoms with Crippen LogP contribution in [0.3, 0.4) is 0 Å². The van der Waals surface area contributed by atoms with E-state index in [4.69, 9.17) is 23.7 Å². The first-order valence-corrected chi connectivity index (χ1v) is 36.7. The third-order valence-electron chi connectivity index (χ3n) is 33.7. The smallest absolute Gasteiger partial charge is 0.309 e. The third-order valence-corrected chi connectivity index (χ3v) is 33.7. The largest absolute Gasteiger partial charge is 0.465 e. The van der Waals surface area contributed by atoms with E-state index >= 15 is 0 Å². The summed E-state index contributed by atoms with van der Waals surface area (Å²) in [4.78, 5) is 59.2. The van der Waals surface area contributed by atoms with Gasteiger partial charge in [-0.2, -0.15) is 0 Å². The molecule has 0 radical (unpaired) electrons. The Labute approximate surface area is 506 Å². The van der Waals surface area contributed by atoms with E-state index in [1.807, 2.05) is 13.8 Å². The van der Waals surface area contributed by atoms with Crippen LogP contribution in [0.2, 0.25) is 0 Å². The lowest BCUT2D eigenvalue weighted by Gasteiger charge is -2.44. The Bertz CT molecular complexity index is 2730. The Kier molecular flexibility index (Phi) is 12.8. The lowest BCUT2D eigenvalue weighted by molar-refractivity contribution is -0.151. The van der Waals surface area contributed by atoms with Gasteiger partial charge in [0, 0.05) is 30.3 Å². The molecule has 6 aliphatic heterocycles. The highest BCUT2D eigenvalue weighted by Crippen LogP contribution is 2.77. The first-order valence-electron chi connectivity index (χ1n) is 36.7. The monoisotopic (exact) mass is 1170 g/mol. The maximum absolute atomic E-state index is 12.0. The van der Waals surface area contributed by atoms with Gasteiger partial charge < -0.3 is 28.8 Å². The lowest BCUT2D eigenvalue weighted by atomic mass is 9.59. The number of hydrogen-bond donors (Lipinski definition) is 1. The van der Waals surface area contributed by atoms with E-state index in [0.29, 0.717) is 90.1 Å². The van der Waals surface area contributed by atoms with Crippen molar-refractivity contribution < 1.29 is 52.8 Å².